The smallest absolute Gasteiger partial charge is 0.169 e. The number of nitrogens with zero attached hydrogens (tertiary/aromatic N) is 1. The fraction of sp³-hybridized carbons (Fsp3) is 0.385. The van der Waals surface area contributed by atoms with Gasteiger partial charge in [-0.1, -0.05) is 12.1 Å². The summed E-state index contributed by atoms with van der Waals surface area (Å²) in [5.74, 6) is -0.739. The van der Waals surface area contributed by atoms with Gasteiger partial charge in [-0.3, -0.25) is 9.78 Å². The molecule has 2 saturated carbocycles. The molecule has 0 bridgehead atoms. The number of benzene rings is 2. The number of hydrogen-bond donors (Lipinski definition) is 3. The van der Waals surface area contributed by atoms with Gasteiger partial charge in [0.25, 0.3) is 0 Å². The van der Waals surface area contributed by atoms with E-state index in [0.717, 1.165) is 60.7 Å². The van der Waals surface area contributed by atoms with E-state index in [1.165, 1.54) is 6.07 Å². The Bertz CT molecular complexity index is 1200. The Morgan fingerprint density at radius 2 is 1.88 bits per heavy atom. The number of carbonyl (C=O) groups is 1. The zero-order valence-corrected chi connectivity index (χ0v) is 18.2. The van der Waals surface area contributed by atoms with Crippen LogP contribution in [0.2, 0.25) is 0 Å². The average molecular weight is 434 g/mol. The first-order valence-electron chi connectivity index (χ1n) is 11.4. The van der Waals surface area contributed by atoms with E-state index in [4.69, 9.17) is 5.73 Å². The summed E-state index contributed by atoms with van der Waals surface area (Å²) >= 11 is 0. The van der Waals surface area contributed by atoms with Crippen LogP contribution in [0.25, 0.3) is 22.0 Å². The van der Waals surface area contributed by atoms with Crippen LogP contribution in [0.15, 0.2) is 36.5 Å². The summed E-state index contributed by atoms with van der Waals surface area (Å²) in [7, 11) is 0. The highest BCUT2D eigenvalue weighted by atomic mass is 19.1. The number of ketones is 1. The second kappa shape index (κ2) is 8.17. The number of aromatic hydroxyl groups is 1. The number of carbonyl (C=O) groups excluding carboxylic acids is 1. The predicted octanol–water partition coefficient (Wildman–Crippen LogP) is 5.33. The van der Waals surface area contributed by atoms with Crippen LogP contribution >= 0.6 is 0 Å². The lowest BCUT2D eigenvalue weighted by molar-refractivity contribution is 0.0968. The molecule has 0 radical (unpaired) electrons. The highest BCUT2D eigenvalue weighted by Crippen LogP contribution is 2.39. The SMILES string of the molecule is Cc1c(-c2ccc3ncc(C(=O)C4CC4)c(NC4CCC(N)CC4)c3c2)ccc(O)c1F. The maximum atomic E-state index is 14.3. The van der Waals surface area contributed by atoms with Gasteiger partial charge in [-0.25, -0.2) is 4.39 Å². The van der Waals surface area contributed by atoms with Gasteiger partial charge in [0.2, 0.25) is 0 Å². The molecule has 1 aromatic heterocycles. The van der Waals surface area contributed by atoms with Crippen molar-refractivity contribution in [1.82, 2.24) is 4.98 Å². The number of phenolic OH excluding ortho intramolecular Hbond substituents is 1. The first-order chi connectivity index (χ1) is 15.4. The maximum absolute atomic E-state index is 14.3. The first kappa shape index (κ1) is 20.9. The largest absolute Gasteiger partial charge is 0.505 e. The Labute approximate surface area is 186 Å². The van der Waals surface area contributed by atoms with Gasteiger partial charge in [0.1, 0.15) is 0 Å². The number of fused-ring (bicyclic) bond motifs is 1. The number of phenols is 1. The third-order valence-corrected chi connectivity index (χ3v) is 6.88. The van der Waals surface area contributed by atoms with E-state index in [2.05, 4.69) is 10.3 Å². The second-order valence-corrected chi connectivity index (χ2v) is 9.24. The van der Waals surface area contributed by atoms with Gasteiger partial charge < -0.3 is 16.2 Å². The van der Waals surface area contributed by atoms with Crippen LogP contribution in [-0.4, -0.2) is 28.0 Å². The van der Waals surface area contributed by atoms with Gasteiger partial charge >= 0.3 is 0 Å². The molecule has 0 saturated heterocycles. The lowest BCUT2D eigenvalue weighted by atomic mass is 9.90. The monoisotopic (exact) mass is 433 g/mol. The molecule has 3 aromatic rings. The van der Waals surface area contributed by atoms with Crippen LogP contribution in [0.1, 0.15) is 54.4 Å². The fourth-order valence-electron chi connectivity index (χ4n) is 4.72. The topological polar surface area (TPSA) is 88.2 Å². The highest BCUT2D eigenvalue weighted by molar-refractivity contribution is 6.10. The number of aromatic nitrogens is 1. The lowest BCUT2D eigenvalue weighted by Gasteiger charge is -2.29. The normalized spacial score (nSPS) is 21.0. The molecule has 2 aliphatic carbocycles. The van der Waals surface area contributed by atoms with Gasteiger partial charge in [-0.2, -0.15) is 0 Å². The fourth-order valence-corrected chi connectivity index (χ4v) is 4.72. The Hall–Kier alpha value is -2.99. The van der Waals surface area contributed by atoms with E-state index in [1.54, 1.807) is 19.2 Å². The predicted molar refractivity (Wildman–Crippen MR) is 124 cm³/mol. The second-order valence-electron chi connectivity index (χ2n) is 9.24. The van der Waals surface area contributed by atoms with Crippen molar-refractivity contribution in [1.29, 1.82) is 0 Å². The van der Waals surface area contributed by atoms with E-state index in [0.29, 0.717) is 16.7 Å². The molecule has 4 N–H and O–H groups in total. The molecule has 0 amide bonds. The van der Waals surface area contributed by atoms with Crippen LogP contribution in [0.4, 0.5) is 10.1 Å². The van der Waals surface area contributed by atoms with Crippen molar-refractivity contribution in [3.63, 3.8) is 0 Å². The van der Waals surface area contributed by atoms with Crippen molar-refractivity contribution >= 4 is 22.4 Å². The molecule has 2 aromatic carbocycles. The van der Waals surface area contributed by atoms with Crippen LogP contribution in [0, 0.1) is 18.7 Å². The molecule has 0 unspecified atom stereocenters. The minimum Gasteiger partial charge on any atom is -0.505 e. The van der Waals surface area contributed by atoms with Gasteiger partial charge in [-0.05, 0) is 80.3 Å². The number of Topliss-reactive ketones (excluding diaryl/α,β-unsaturated/α-hetero) is 1. The molecule has 2 fully saturated rings. The number of pyridine rings is 1. The number of halogens is 1. The van der Waals surface area contributed by atoms with Gasteiger partial charge in [-0.15, -0.1) is 0 Å². The summed E-state index contributed by atoms with van der Waals surface area (Å²) in [6.45, 7) is 1.66. The number of hydrogen-bond acceptors (Lipinski definition) is 5. The van der Waals surface area contributed by atoms with E-state index >= 15 is 0 Å². The Balaban J connectivity index is 1.63. The van der Waals surface area contributed by atoms with Crippen molar-refractivity contribution in [2.24, 2.45) is 11.7 Å². The van der Waals surface area contributed by atoms with E-state index in [9.17, 15) is 14.3 Å². The summed E-state index contributed by atoms with van der Waals surface area (Å²) in [4.78, 5) is 17.7. The van der Waals surface area contributed by atoms with Crippen LogP contribution in [0.5, 0.6) is 5.75 Å². The summed E-state index contributed by atoms with van der Waals surface area (Å²) in [5, 5.41) is 14.2. The van der Waals surface area contributed by atoms with E-state index in [1.807, 2.05) is 18.2 Å². The molecule has 0 aliphatic heterocycles. The molecule has 166 valence electrons. The van der Waals surface area contributed by atoms with Crippen molar-refractivity contribution < 1.29 is 14.3 Å². The average Bonchev–Trinajstić information content (AvgIpc) is 3.64. The summed E-state index contributed by atoms with van der Waals surface area (Å²) in [6.07, 6.45) is 7.41. The molecule has 5 rings (SSSR count). The minimum absolute atomic E-state index is 0.0891. The summed E-state index contributed by atoms with van der Waals surface area (Å²) < 4.78 is 14.3. The molecule has 1 heterocycles. The third-order valence-electron chi connectivity index (χ3n) is 6.88. The number of nitrogens with one attached hydrogen (secondary N) is 1. The number of nitrogens with two attached hydrogens (primary N) is 1. The summed E-state index contributed by atoms with van der Waals surface area (Å²) in [6, 6.07) is 9.37. The Morgan fingerprint density at radius 1 is 1.12 bits per heavy atom. The quantitative estimate of drug-likeness (QED) is 0.473. The first-order valence-corrected chi connectivity index (χ1v) is 11.4. The standard InChI is InChI=1S/C26H28FN3O2/c1-14-19(9-11-23(31)24(14)27)16-4-10-22-20(12-16)25(30-18-7-5-17(28)6-8-18)21(13-29-22)26(32)15-2-3-15/h4,9-13,15,17-18,31H,2-3,5-8,28H2,1H3,(H,29,30). The number of rotatable bonds is 5. The van der Waals surface area contributed by atoms with Crippen molar-refractivity contribution in [2.75, 3.05) is 5.32 Å². The molecule has 0 spiro atoms. The van der Waals surface area contributed by atoms with Crippen molar-refractivity contribution in [3.05, 3.63) is 53.5 Å². The zero-order valence-electron chi connectivity index (χ0n) is 18.2. The molecular formula is C26H28FN3O2. The zero-order chi connectivity index (χ0) is 22.4. The van der Waals surface area contributed by atoms with Crippen LogP contribution in [0.3, 0.4) is 0 Å². The Kier molecular flexibility index (Phi) is 5.33. The summed E-state index contributed by atoms with van der Waals surface area (Å²) in [5.41, 5.74) is 10.2. The molecule has 32 heavy (non-hydrogen) atoms. The molecule has 2 aliphatic rings. The van der Waals surface area contributed by atoms with Crippen LogP contribution in [-0.2, 0) is 0 Å². The van der Waals surface area contributed by atoms with Gasteiger partial charge in [0.05, 0.1) is 16.8 Å². The van der Waals surface area contributed by atoms with Crippen molar-refractivity contribution in [2.45, 2.75) is 57.5 Å². The van der Waals surface area contributed by atoms with Gasteiger partial charge in [0, 0.05) is 29.6 Å². The molecule has 5 nitrogen and oxygen atoms in total. The third kappa shape index (κ3) is 3.84. The molecular weight excluding hydrogens is 405 g/mol. The Morgan fingerprint density at radius 3 is 2.59 bits per heavy atom. The molecule has 0 atom stereocenters. The minimum atomic E-state index is -0.615. The maximum Gasteiger partial charge on any atom is 0.169 e. The molecule has 6 heteroatoms. The van der Waals surface area contributed by atoms with Gasteiger partial charge in [0.15, 0.2) is 17.3 Å². The van der Waals surface area contributed by atoms with Crippen LogP contribution < -0.4 is 11.1 Å². The van der Waals surface area contributed by atoms with Crippen molar-refractivity contribution in [3.8, 4) is 16.9 Å². The lowest BCUT2D eigenvalue weighted by Crippen LogP contribution is -2.33. The number of anilines is 1. The highest BCUT2D eigenvalue weighted by Gasteiger charge is 2.33. The van der Waals surface area contributed by atoms with E-state index in [-0.39, 0.29) is 29.5 Å². The van der Waals surface area contributed by atoms with E-state index < -0.39 is 5.82 Å².